The number of hydrogen-bond acceptors (Lipinski definition) is 2. The van der Waals surface area contributed by atoms with Crippen LogP contribution in [0.25, 0.3) is 0 Å². The van der Waals surface area contributed by atoms with Crippen molar-refractivity contribution in [3.63, 3.8) is 0 Å². The second-order valence-corrected chi connectivity index (χ2v) is 8.24. The average Bonchev–Trinajstić information content (AvgIpc) is 2.60. The number of phenolic OH excluding ortho intramolecular Hbond substituents is 1. The van der Waals surface area contributed by atoms with Crippen molar-refractivity contribution in [2.24, 2.45) is 5.92 Å². The monoisotopic (exact) mass is 364 g/mol. The van der Waals surface area contributed by atoms with E-state index in [0.717, 1.165) is 17.9 Å². The highest BCUT2D eigenvalue weighted by molar-refractivity contribution is 5.50. The summed E-state index contributed by atoms with van der Waals surface area (Å²) in [7, 11) is 1.58. The third kappa shape index (κ3) is 8.96. The summed E-state index contributed by atoms with van der Waals surface area (Å²) in [4.78, 5) is 0. The van der Waals surface area contributed by atoms with Gasteiger partial charge >= 0.3 is 0 Å². The number of aromatic hydroxyl groups is 1. The summed E-state index contributed by atoms with van der Waals surface area (Å²) < 4.78 is 5.17. The Balaban J connectivity index is 0.000000484. The standard InChI is InChI=1S/C13H20O2.C9H18.C2H6/c1-6-9-7-10(13(2,3)4)8-11(15-5)12(9)14;1-9-7-5-3-2-4-6-8-9;1-2/h7-8,14H,6H2,1-5H3;9H,2-8H2,1H3;1-2H3. The van der Waals surface area contributed by atoms with Gasteiger partial charge in [-0.15, -0.1) is 0 Å². The van der Waals surface area contributed by atoms with Gasteiger partial charge in [-0.25, -0.2) is 0 Å². The van der Waals surface area contributed by atoms with Crippen LogP contribution in [0.1, 0.15) is 105 Å². The first-order chi connectivity index (χ1) is 12.3. The summed E-state index contributed by atoms with van der Waals surface area (Å²) in [5.74, 6) is 1.86. The predicted octanol–water partition coefficient (Wildman–Crippen LogP) is 7.65. The molecule has 1 saturated carbocycles. The number of benzene rings is 1. The molecular weight excluding hydrogens is 320 g/mol. The molecule has 26 heavy (non-hydrogen) atoms. The fourth-order valence-corrected chi connectivity index (χ4v) is 3.18. The second-order valence-electron chi connectivity index (χ2n) is 8.24. The Morgan fingerprint density at radius 1 is 1.00 bits per heavy atom. The minimum absolute atomic E-state index is 0.0743. The molecule has 0 radical (unpaired) electrons. The molecular formula is C24H44O2. The Morgan fingerprint density at radius 3 is 1.92 bits per heavy atom. The van der Waals surface area contributed by atoms with Gasteiger partial charge in [0.1, 0.15) is 0 Å². The Morgan fingerprint density at radius 2 is 1.50 bits per heavy atom. The molecule has 1 aliphatic carbocycles. The van der Waals surface area contributed by atoms with Crippen LogP contribution in [0.5, 0.6) is 11.5 Å². The normalized spacial score (nSPS) is 15.5. The molecule has 0 saturated heterocycles. The molecule has 1 aromatic carbocycles. The van der Waals surface area contributed by atoms with Crippen molar-refractivity contribution in [1.29, 1.82) is 0 Å². The molecule has 1 N–H and O–H groups in total. The maximum atomic E-state index is 9.85. The molecule has 0 heterocycles. The lowest BCUT2D eigenvalue weighted by Gasteiger charge is -2.21. The number of methoxy groups -OCH3 is 1. The third-order valence-electron chi connectivity index (χ3n) is 5.01. The van der Waals surface area contributed by atoms with Crippen molar-refractivity contribution in [2.75, 3.05) is 7.11 Å². The molecule has 0 unspecified atom stereocenters. The Hall–Kier alpha value is -1.18. The van der Waals surface area contributed by atoms with Crippen molar-refractivity contribution < 1.29 is 9.84 Å². The van der Waals surface area contributed by atoms with E-state index in [1.807, 2.05) is 26.8 Å². The van der Waals surface area contributed by atoms with Crippen LogP contribution in [-0.4, -0.2) is 12.2 Å². The number of phenols is 1. The Kier molecular flexibility index (Phi) is 12.5. The van der Waals surface area contributed by atoms with Crippen molar-refractivity contribution >= 4 is 0 Å². The first-order valence-electron chi connectivity index (χ1n) is 10.7. The third-order valence-corrected chi connectivity index (χ3v) is 5.01. The summed E-state index contributed by atoms with van der Waals surface area (Å²) in [6.07, 6.45) is 11.2. The fraction of sp³-hybridized carbons (Fsp3) is 0.750. The summed E-state index contributed by atoms with van der Waals surface area (Å²) in [6, 6.07) is 3.96. The molecule has 0 aliphatic heterocycles. The molecule has 2 nitrogen and oxygen atoms in total. The molecule has 0 atom stereocenters. The minimum atomic E-state index is 0.0743. The SMILES string of the molecule is CC.CC1CCCCCCC1.CCc1cc(C(C)(C)C)cc(OC)c1O. The van der Waals surface area contributed by atoms with Gasteiger partial charge < -0.3 is 9.84 Å². The van der Waals surface area contributed by atoms with Gasteiger partial charge in [-0.1, -0.05) is 99.5 Å². The van der Waals surface area contributed by atoms with Crippen molar-refractivity contribution in [1.82, 2.24) is 0 Å². The van der Waals surface area contributed by atoms with Crippen LogP contribution in [0.2, 0.25) is 0 Å². The van der Waals surface area contributed by atoms with Crippen molar-refractivity contribution in [3.05, 3.63) is 23.3 Å². The highest BCUT2D eigenvalue weighted by Gasteiger charge is 2.18. The molecule has 1 fully saturated rings. The average molecular weight is 365 g/mol. The van der Waals surface area contributed by atoms with Gasteiger partial charge in [-0.05, 0) is 34.9 Å². The predicted molar refractivity (Wildman–Crippen MR) is 116 cm³/mol. The largest absolute Gasteiger partial charge is 0.504 e. The maximum Gasteiger partial charge on any atom is 0.161 e. The molecule has 0 amide bonds. The van der Waals surface area contributed by atoms with Crippen molar-refractivity contribution in [2.45, 2.75) is 105 Å². The highest BCUT2D eigenvalue weighted by Crippen LogP contribution is 2.36. The van der Waals surface area contributed by atoms with Gasteiger partial charge in [0, 0.05) is 0 Å². The molecule has 0 spiro atoms. The lowest BCUT2D eigenvalue weighted by Crippen LogP contribution is -2.11. The molecule has 2 heteroatoms. The van der Waals surface area contributed by atoms with Crippen LogP contribution in [0.3, 0.4) is 0 Å². The van der Waals surface area contributed by atoms with E-state index in [1.165, 1.54) is 50.5 Å². The van der Waals surface area contributed by atoms with Gasteiger partial charge in [-0.2, -0.15) is 0 Å². The molecule has 0 aromatic heterocycles. The summed E-state index contributed by atoms with van der Waals surface area (Å²) >= 11 is 0. The topological polar surface area (TPSA) is 29.5 Å². The Bertz CT molecular complexity index is 452. The van der Waals surface area contributed by atoms with Crippen molar-refractivity contribution in [3.8, 4) is 11.5 Å². The number of ether oxygens (including phenoxy) is 1. The van der Waals surface area contributed by atoms with Crippen LogP contribution in [0, 0.1) is 5.92 Å². The zero-order chi connectivity index (χ0) is 20.2. The van der Waals surface area contributed by atoms with E-state index in [4.69, 9.17) is 4.74 Å². The quantitative estimate of drug-likeness (QED) is 0.584. The van der Waals surface area contributed by atoms with E-state index < -0.39 is 0 Å². The molecule has 2 rings (SSSR count). The zero-order valence-corrected chi connectivity index (χ0v) is 18.7. The van der Waals surface area contributed by atoms with Gasteiger partial charge in [0.25, 0.3) is 0 Å². The van der Waals surface area contributed by atoms with E-state index >= 15 is 0 Å². The smallest absolute Gasteiger partial charge is 0.161 e. The summed E-state index contributed by atoms with van der Waals surface area (Å²) in [5, 5.41) is 9.85. The summed E-state index contributed by atoms with van der Waals surface area (Å²) in [6.45, 7) is 14.9. The lowest BCUT2D eigenvalue weighted by atomic mass is 9.85. The lowest BCUT2D eigenvalue weighted by molar-refractivity contribution is 0.369. The van der Waals surface area contributed by atoms with E-state index in [2.05, 4.69) is 33.8 Å². The van der Waals surface area contributed by atoms with Crippen LogP contribution < -0.4 is 4.74 Å². The number of hydrogen-bond donors (Lipinski definition) is 1. The van der Waals surface area contributed by atoms with E-state index in [9.17, 15) is 5.11 Å². The van der Waals surface area contributed by atoms with Gasteiger partial charge in [-0.3, -0.25) is 0 Å². The van der Waals surface area contributed by atoms with Crippen LogP contribution >= 0.6 is 0 Å². The summed E-state index contributed by atoms with van der Waals surface area (Å²) in [5.41, 5.74) is 2.21. The molecule has 1 aliphatic rings. The molecule has 152 valence electrons. The zero-order valence-electron chi connectivity index (χ0n) is 18.7. The van der Waals surface area contributed by atoms with E-state index in [0.29, 0.717) is 5.75 Å². The number of rotatable bonds is 2. The molecule has 0 bridgehead atoms. The highest BCUT2D eigenvalue weighted by atomic mass is 16.5. The first kappa shape index (κ1) is 24.8. The number of aryl methyl sites for hydroxylation is 1. The van der Waals surface area contributed by atoms with Gasteiger partial charge in [0.15, 0.2) is 11.5 Å². The molecule has 1 aromatic rings. The van der Waals surface area contributed by atoms with Crippen LogP contribution in [-0.2, 0) is 11.8 Å². The van der Waals surface area contributed by atoms with Gasteiger partial charge in [0.2, 0.25) is 0 Å². The maximum absolute atomic E-state index is 9.85. The Labute approximate surface area is 163 Å². The first-order valence-corrected chi connectivity index (χ1v) is 10.7. The van der Waals surface area contributed by atoms with E-state index in [1.54, 1.807) is 7.11 Å². The fourth-order valence-electron chi connectivity index (χ4n) is 3.18. The van der Waals surface area contributed by atoms with E-state index in [-0.39, 0.29) is 11.2 Å². The minimum Gasteiger partial charge on any atom is -0.504 e. The second kappa shape index (κ2) is 13.1. The van der Waals surface area contributed by atoms with Gasteiger partial charge in [0.05, 0.1) is 7.11 Å². The van der Waals surface area contributed by atoms with Crippen LogP contribution in [0.4, 0.5) is 0 Å². The van der Waals surface area contributed by atoms with Crippen LogP contribution in [0.15, 0.2) is 12.1 Å².